The first-order valence-electron chi connectivity index (χ1n) is 9.33. The molecule has 2 amide bonds. The first kappa shape index (κ1) is 20.9. The van der Waals surface area contributed by atoms with Gasteiger partial charge in [0.05, 0.1) is 24.5 Å². The average Bonchev–Trinajstić information content (AvgIpc) is 2.95. The summed E-state index contributed by atoms with van der Waals surface area (Å²) < 4.78 is 5.47. The number of hydrogen-bond acceptors (Lipinski definition) is 5. The topological polar surface area (TPSA) is 70.1 Å². The van der Waals surface area contributed by atoms with Gasteiger partial charge in [-0.1, -0.05) is 29.8 Å². The molecule has 0 atom stereocenters. The smallest absolute Gasteiger partial charge is 0.282 e. The van der Waals surface area contributed by atoms with Crippen molar-refractivity contribution in [3.8, 4) is 5.75 Å². The summed E-state index contributed by atoms with van der Waals surface area (Å²) in [6.45, 7) is 4.32. The molecule has 29 heavy (non-hydrogen) atoms. The monoisotopic (exact) mass is 414 g/mol. The number of imide groups is 1. The predicted molar refractivity (Wildman–Crippen MR) is 113 cm³/mol. The van der Waals surface area contributed by atoms with E-state index in [1.807, 2.05) is 13.8 Å². The molecule has 0 aromatic heterocycles. The maximum Gasteiger partial charge on any atom is 0.282 e. The van der Waals surface area contributed by atoms with Gasteiger partial charge in [-0.15, -0.1) is 0 Å². The molecule has 2 aromatic carbocycles. The van der Waals surface area contributed by atoms with Crippen molar-refractivity contribution in [1.29, 1.82) is 0 Å². The summed E-state index contributed by atoms with van der Waals surface area (Å²) in [6.07, 6.45) is 0. The summed E-state index contributed by atoms with van der Waals surface area (Å²) in [7, 11) is 1.68. The number of amides is 2. The summed E-state index contributed by atoms with van der Waals surface area (Å²) in [5.41, 5.74) is 2.34. The number of carbonyl (C=O) groups excluding carboxylic acids is 2. The molecule has 1 aliphatic heterocycles. The van der Waals surface area contributed by atoms with Crippen LogP contribution < -0.4 is 9.64 Å². The van der Waals surface area contributed by atoms with Gasteiger partial charge < -0.3 is 14.7 Å². The summed E-state index contributed by atoms with van der Waals surface area (Å²) in [5.74, 6) is -0.189. The molecular weight excluding hydrogens is 392 g/mol. The van der Waals surface area contributed by atoms with Gasteiger partial charge in [-0.05, 0) is 49.2 Å². The lowest BCUT2D eigenvalue weighted by atomic mass is 10.0. The second-order valence-corrected chi connectivity index (χ2v) is 7.14. The molecule has 1 aliphatic rings. The van der Waals surface area contributed by atoms with Crippen LogP contribution in [-0.2, 0) is 9.59 Å². The molecule has 1 heterocycles. The Hall–Kier alpha value is -2.83. The Bertz CT molecular complexity index is 969. The van der Waals surface area contributed by atoms with Crippen LogP contribution in [0.25, 0.3) is 5.57 Å². The lowest BCUT2D eigenvalue weighted by Gasteiger charge is -2.21. The maximum absolute atomic E-state index is 13.4. The highest BCUT2D eigenvalue weighted by atomic mass is 35.5. The van der Waals surface area contributed by atoms with E-state index >= 15 is 0 Å². The second-order valence-electron chi connectivity index (χ2n) is 6.70. The molecule has 0 aliphatic carbocycles. The number of likely N-dealkylation sites (N-methyl/N-ethyl adjacent to an activating group) is 1. The molecule has 0 bridgehead atoms. The van der Waals surface area contributed by atoms with E-state index in [4.69, 9.17) is 16.3 Å². The van der Waals surface area contributed by atoms with Crippen LogP contribution in [0.5, 0.6) is 5.75 Å². The van der Waals surface area contributed by atoms with Crippen molar-refractivity contribution >= 4 is 34.7 Å². The van der Waals surface area contributed by atoms with Gasteiger partial charge in [0.25, 0.3) is 11.8 Å². The number of aryl methyl sites for hydroxylation is 1. The maximum atomic E-state index is 13.4. The van der Waals surface area contributed by atoms with Crippen LogP contribution in [-0.4, -0.2) is 48.6 Å². The molecule has 1 N–H and O–H groups in total. The Kier molecular flexibility index (Phi) is 6.25. The highest BCUT2D eigenvalue weighted by Crippen LogP contribution is 2.36. The number of aliphatic hydroxyl groups excluding tert-OH is 1. The Morgan fingerprint density at radius 3 is 2.41 bits per heavy atom. The first-order chi connectivity index (χ1) is 13.9. The Labute approximate surface area is 174 Å². The third kappa shape index (κ3) is 3.99. The van der Waals surface area contributed by atoms with Crippen molar-refractivity contribution in [3.05, 3.63) is 64.3 Å². The lowest BCUT2D eigenvalue weighted by Crippen LogP contribution is -2.35. The molecule has 7 heteroatoms. The van der Waals surface area contributed by atoms with Gasteiger partial charge in [0.2, 0.25) is 0 Å². The minimum Gasteiger partial charge on any atom is -0.494 e. The number of nitrogens with zero attached hydrogens (tertiary/aromatic N) is 2. The van der Waals surface area contributed by atoms with E-state index in [9.17, 15) is 14.7 Å². The normalized spacial score (nSPS) is 14.0. The molecule has 0 saturated carbocycles. The van der Waals surface area contributed by atoms with E-state index in [0.717, 1.165) is 10.5 Å². The number of carbonyl (C=O) groups is 2. The fraction of sp³-hybridized carbons (Fsp3) is 0.273. The van der Waals surface area contributed by atoms with E-state index in [0.29, 0.717) is 28.6 Å². The van der Waals surface area contributed by atoms with Gasteiger partial charge in [0.15, 0.2) is 0 Å². The van der Waals surface area contributed by atoms with E-state index in [1.165, 1.54) is 0 Å². The van der Waals surface area contributed by atoms with Crippen molar-refractivity contribution in [2.24, 2.45) is 0 Å². The third-order valence-electron chi connectivity index (χ3n) is 4.74. The van der Waals surface area contributed by atoms with Crippen molar-refractivity contribution in [3.63, 3.8) is 0 Å². The highest BCUT2D eigenvalue weighted by Gasteiger charge is 2.42. The van der Waals surface area contributed by atoms with Crippen LogP contribution in [0.4, 0.5) is 5.69 Å². The number of aliphatic hydroxyl groups is 1. The molecule has 152 valence electrons. The van der Waals surface area contributed by atoms with Crippen LogP contribution >= 0.6 is 11.6 Å². The summed E-state index contributed by atoms with van der Waals surface area (Å²) in [6, 6.07) is 12.1. The van der Waals surface area contributed by atoms with Crippen molar-refractivity contribution in [2.75, 3.05) is 31.7 Å². The Balaban J connectivity index is 2.11. The van der Waals surface area contributed by atoms with Gasteiger partial charge in [-0.3, -0.25) is 9.59 Å². The Morgan fingerprint density at radius 2 is 1.79 bits per heavy atom. The van der Waals surface area contributed by atoms with Crippen molar-refractivity contribution in [2.45, 2.75) is 13.8 Å². The van der Waals surface area contributed by atoms with Crippen LogP contribution in [0, 0.1) is 6.92 Å². The molecule has 0 unspecified atom stereocenters. The quantitative estimate of drug-likeness (QED) is 0.704. The van der Waals surface area contributed by atoms with E-state index in [-0.39, 0.29) is 24.4 Å². The van der Waals surface area contributed by atoms with Crippen molar-refractivity contribution < 1.29 is 19.4 Å². The number of anilines is 1. The van der Waals surface area contributed by atoms with Gasteiger partial charge in [0.1, 0.15) is 11.4 Å². The minimum absolute atomic E-state index is 0.145. The van der Waals surface area contributed by atoms with Crippen LogP contribution in [0.2, 0.25) is 5.02 Å². The molecular formula is C22H23ClN2O4. The molecule has 2 aromatic rings. The summed E-state index contributed by atoms with van der Waals surface area (Å²) in [5, 5.41) is 9.79. The second kappa shape index (κ2) is 8.68. The zero-order chi connectivity index (χ0) is 21.1. The summed E-state index contributed by atoms with van der Waals surface area (Å²) >= 11 is 6.12. The molecule has 3 rings (SSSR count). The standard InChI is InChI=1S/C22H23ClN2O4/c1-4-29-17-9-6-15(7-10-17)19-20(24(3)11-12-26)22(28)25(21(19)27)18-13-16(23)8-5-14(18)2/h5-10,13,26H,4,11-12H2,1-3H3. The van der Waals surface area contributed by atoms with Crippen LogP contribution in [0.15, 0.2) is 48.2 Å². The molecule has 0 radical (unpaired) electrons. The number of hydrogen-bond donors (Lipinski definition) is 1. The average molecular weight is 415 g/mol. The SMILES string of the molecule is CCOc1ccc(C2=C(N(C)CCO)C(=O)N(c3cc(Cl)ccc3C)C2=O)cc1. The molecule has 0 fully saturated rings. The summed E-state index contributed by atoms with van der Waals surface area (Å²) in [4.78, 5) is 29.5. The van der Waals surface area contributed by atoms with E-state index in [1.54, 1.807) is 54.4 Å². The van der Waals surface area contributed by atoms with E-state index in [2.05, 4.69) is 0 Å². The van der Waals surface area contributed by atoms with Gasteiger partial charge in [-0.2, -0.15) is 0 Å². The van der Waals surface area contributed by atoms with Gasteiger partial charge in [-0.25, -0.2) is 4.90 Å². The fourth-order valence-electron chi connectivity index (χ4n) is 3.32. The number of ether oxygens (including phenoxy) is 1. The number of halogens is 1. The Morgan fingerprint density at radius 1 is 1.10 bits per heavy atom. The minimum atomic E-state index is -0.444. The zero-order valence-electron chi connectivity index (χ0n) is 16.6. The molecule has 6 nitrogen and oxygen atoms in total. The number of benzene rings is 2. The highest BCUT2D eigenvalue weighted by molar-refractivity contribution is 6.45. The van der Waals surface area contributed by atoms with E-state index < -0.39 is 11.8 Å². The van der Waals surface area contributed by atoms with Gasteiger partial charge >= 0.3 is 0 Å². The molecule has 0 spiro atoms. The lowest BCUT2D eigenvalue weighted by molar-refractivity contribution is -0.120. The molecule has 0 saturated heterocycles. The van der Waals surface area contributed by atoms with Crippen LogP contribution in [0.3, 0.4) is 0 Å². The third-order valence-corrected chi connectivity index (χ3v) is 4.98. The first-order valence-corrected chi connectivity index (χ1v) is 9.71. The van der Waals surface area contributed by atoms with Gasteiger partial charge in [0, 0.05) is 18.6 Å². The largest absolute Gasteiger partial charge is 0.494 e. The van der Waals surface area contributed by atoms with Crippen molar-refractivity contribution in [1.82, 2.24) is 4.90 Å². The predicted octanol–water partition coefficient (Wildman–Crippen LogP) is 3.26. The van der Waals surface area contributed by atoms with Crippen LogP contribution in [0.1, 0.15) is 18.1 Å². The fourth-order valence-corrected chi connectivity index (χ4v) is 3.49. The zero-order valence-corrected chi connectivity index (χ0v) is 17.4. The number of rotatable bonds is 7.